The zero-order valence-electron chi connectivity index (χ0n) is 19.3. The van der Waals surface area contributed by atoms with E-state index in [4.69, 9.17) is 4.52 Å². The Kier molecular flexibility index (Phi) is 5.42. The molecule has 0 amide bonds. The topological polar surface area (TPSA) is 95.5 Å². The van der Waals surface area contributed by atoms with Gasteiger partial charge in [-0.2, -0.15) is 4.98 Å². The number of likely N-dealkylation sites (tertiary alicyclic amines) is 1. The Hall–Kier alpha value is -2.75. The van der Waals surface area contributed by atoms with Gasteiger partial charge < -0.3 is 19.6 Å². The lowest BCUT2D eigenvalue weighted by Crippen LogP contribution is -2.63. The van der Waals surface area contributed by atoms with Crippen LogP contribution in [0.4, 0.5) is 8.78 Å². The van der Waals surface area contributed by atoms with Crippen LogP contribution in [-0.4, -0.2) is 50.4 Å². The molecular weight excluding hydrogens is 430 g/mol. The van der Waals surface area contributed by atoms with Crippen LogP contribution in [0.5, 0.6) is 0 Å². The smallest absolute Gasteiger partial charge is 0.270 e. The lowest BCUT2D eigenvalue weighted by Gasteiger charge is -2.55. The number of aromatic nitrogens is 3. The molecule has 3 heterocycles. The van der Waals surface area contributed by atoms with Crippen LogP contribution in [0.2, 0.25) is 0 Å². The van der Waals surface area contributed by atoms with E-state index >= 15 is 0 Å². The zero-order chi connectivity index (χ0) is 24.2. The van der Waals surface area contributed by atoms with Crippen LogP contribution in [0.15, 0.2) is 47.2 Å². The lowest BCUT2D eigenvalue weighted by molar-refractivity contribution is -0.127. The zero-order valence-corrected chi connectivity index (χ0v) is 19.3. The molecule has 176 valence electrons. The Bertz CT molecular complexity index is 1150. The average molecular weight is 459 g/mol. The summed E-state index contributed by atoms with van der Waals surface area (Å²) in [7, 11) is 1.95. The van der Waals surface area contributed by atoms with Gasteiger partial charge in [-0.15, -0.1) is 0 Å². The first-order valence-electron chi connectivity index (χ1n) is 10.7. The molecule has 0 saturated carbocycles. The maximum Gasteiger partial charge on any atom is 0.270 e. The van der Waals surface area contributed by atoms with Crippen LogP contribution in [0, 0.1) is 5.41 Å². The molecular formula is C24H28F2N4O3. The van der Waals surface area contributed by atoms with Crippen molar-refractivity contribution in [3.8, 4) is 11.4 Å². The second kappa shape index (κ2) is 7.65. The van der Waals surface area contributed by atoms with Gasteiger partial charge in [-0.25, -0.2) is 8.78 Å². The fourth-order valence-corrected chi connectivity index (χ4v) is 4.59. The maximum absolute atomic E-state index is 13.8. The molecule has 1 aliphatic heterocycles. The summed E-state index contributed by atoms with van der Waals surface area (Å²) in [5.74, 6) is -2.70. The highest BCUT2D eigenvalue weighted by Crippen LogP contribution is 2.50. The quantitative estimate of drug-likeness (QED) is 0.582. The predicted octanol–water partition coefficient (Wildman–Crippen LogP) is 3.66. The average Bonchev–Trinajstić information content (AvgIpc) is 3.22. The first-order valence-corrected chi connectivity index (χ1v) is 10.7. The van der Waals surface area contributed by atoms with Crippen LogP contribution in [0.3, 0.4) is 0 Å². The molecule has 7 nitrogen and oxygen atoms in total. The number of alkyl halides is 2. The number of rotatable bonds is 6. The summed E-state index contributed by atoms with van der Waals surface area (Å²) < 4.78 is 32.7. The van der Waals surface area contributed by atoms with Gasteiger partial charge in [0.2, 0.25) is 5.82 Å². The van der Waals surface area contributed by atoms with Crippen LogP contribution < -0.4 is 0 Å². The predicted molar refractivity (Wildman–Crippen MR) is 117 cm³/mol. The molecule has 0 unspecified atom stereocenters. The van der Waals surface area contributed by atoms with Crippen molar-refractivity contribution in [1.29, 1.82) is 0 Å². The maximum atomic E-state index is 13.8. The van der Waals surface area contributed by atoms with Crippen LogP contribution in [0.25, 0.3) is 11.4 Å². The van der Waals surface area contributed by atoms with E-state index in [2.05, 4.69) is 20.0 Å². The van der Waals surface area contributed by atoms with Gasteiger partial charge in [-0.1, -0.05) is 36.3 Å². The van der Waals surface area contributed by atoms with Gasteiger partial charge in [-0.3, -0.25) is 4.98 Å². The summed E-state index contributed by atoms with van der Waals surface area (Å²) >= 11 is 0. The van der Waals surface area contributed by atoms with Crippen LogP contribution >= 0.6 is 0 Å². The van der Waals surface area contributed by atoms with E-state index in [9.17, 15) is 19.0 Å². The summed E-state index contributed by atoms with van der Waals surface area (Å²) in [5.41, 5.74) is -2.04. The summed E-state index contributed by atoms with van der Waals surface area (Å²) in [6.45, 7) is 7.08. The molecule has 3 aromatic rings. The van der Waals surface area contributed by atoms with Gasteiger partial charge in [0.25, 0.3) is 11.8 Å². The molecule has 0 radical (unpaired) electrons. The van der Waals surface area contributed by atoms with Gasteiger partial charge in [0.1, 0.15) is 11.2 Å². The molecule has 1 aromatic carbocycles. The fraction of sp³-hybridized carbons (Fsp3) is 0.458. The normalized spacial score (nSPS) is 18.6. The van der Waals surface area contributed by atoms with Gasteiger partial charge in [-0.05, 0) is 32.5 Å². The van der Waals surface area contributed by atoms with E-state index in [-0.39, 0.29) is 17.3 Å². The minimum absolute atomic E-state index is 0.0572. The number of hydrogen-bond donors (Lipinski definition) is 2. The molecule has 2 N–H and O–H groups in total. The number of pyridine rings is 1. The molecule has 1 atom stereocenters. The third-order valence-electron chi connectivity index (χ3n) is 6.28. The summed E-state index contributed by atoms with van der Waals surface area (Å²) in [5, 5.41) is 26.3. The molecule has 1 aliphatic rings. The molecule has 0 aliphatic carbocycles. The molecule has 33 heavy (non-hydrogen) atoms. The number of nitrogens with zero attached hydrogens (tertiary/aromatic N) is 4. The third kappa shape index (κ3) is 4.05. The Balaban J connectivity index is 1.81. The third-order valence-corrected chi connectivity index (χ3v) is 6.28. The number of halogens is 2. The fourth-order valence-electron chi connectivity index (χ4n) is 4.59. The second-order valence-electron chi connectivity index (χ2n) is 9.85. The van der Waals surface area contributed by atoms with Crippen molar-refractivity contribution in [3.63, 3.8) is 0 Å². The first kappa shape index (κ1) is 23.4. The van der Waals surface area contributed by atoms with E-state index in [0.717, 1.165) is 6.92 Å². The highest BCUT2D eigenvalue weighted by atomic mass is 19.3. The van der Waals surface area contributed by atoms with E-state index in [1.165, 1.54) is 26.0 Å². The van der Waals surface area contributed by atoms with Crippen molar-refractivity contribution in [1.82, 2.24) is 20.0 Å². The van der Waals surface area contributed by atoms with Crippen molar-refractivity contribution >= 4 is 0 Å². The standard InChI is InChI=1S/C24H28F2N4O3/c1-21(2,31)20-28-19(29-33-20)15-10-18(12-27-11-15)24(32,22(3)13-30(5)14-22)17-8-6-16(7-9-17)23(4,25)26/h6-12,31-32H,13-14H2,1-5H3/t24-/m0/s1. The van der Waals surface area contributed by atoms with Gasteiger partial charge in [0, 0.05) is 54.5 Å². The molecule has 4 rings (SSSR count). The van der Waals surface area contributed by atoms with E-state index < -0.39 is 22.5 Å². The van der Waals surface area contributed by atoms with Crippen molar-refractivity contribution in [2.75, 3.05) is 20.1 Å². The van der Waals surface area contributed by atoms with Crippen molar-refractivity contribution in [3.05, 3.63) is 65.3 Å². The lowest BCUT2D eigenvalue weighted by atomic mass is 9.62. The summed E-state index contributed by atoms with van der Waals surface area (Å²) in [6.07, 6.45) is 3.10. The Labute approximate surface area is 191 Å². The van der Waals surface area contributed by atoms with Crippen molar-refractivity contribution in [2.24, 2.45) is 5.41 Å². The first-order chi connectivity index (χ1) is 15.2. The molecule has 0 bridgehead atoms. The van der Waals surface area contributed by atoms with E-state index in [1.54, 1.807) is 30.6 Å². The van der Waals surface area contributed by atoms with Crippen molar-refractivity contribution < 1.29 is 23.5 Å². The molecule has 0 spiro atoms. The Morgan fingerprint density at radius 3 is 2.12 bits per heavy atom. The largest absolute Gasteiger partial charge is 0.381 e. The Morgan fingerprint density at radius 2 is 1.61 bits per heavy atom. The monoisotopic (exact) mass is 458 g/mol. The highest BCUT2D eigenvalue weighted by Gasteiger charge is 2.55. The van der Waals surface area contributed by atoms with Gasteiger partial charge in [0.15, 0.2) is 0 Å². The number of hydrogen-bond acceptors (Lipinski definition) is 7. The minimum Gasteiger partial charge on any atom is -0.381 e. The van der Waals surface area contributed by atoms with E-state index in [0.29, 0.717) is 29.8 Å². The SMILES string of the molecule is CN1CC(C)([C@](O)(c2ccc(C(C)(F)F)cc2)c2cncc(-c3noc(C(C)(C)O)n3)c2)C1. The Morgan fingerprint density at radius 1 is 1.00 bits per heavy atom. The second-order valence-corrected chi connectivity index (χ2v) is 9.85. The highest BCUT2D eigenvalue weighted by molar-refractivity contribution is 5.56. The van der Waals surface area contributed by atoms with Crippen LogP contribution in [0.1, 0.15) is 50.3 Å². The molecule has 9 heteroatoms. The van der Waals surface area contributed by atoms with Crippen molar-refractivity contribution in [2.45, 2.75) is 44.8 Å². The number of benzene rings is 1. The minimum atomic E-state index is -2.98. The summed E-state index contributed by atoms with van der Waals surface area (Å²) in [4.78, 5) is 10.6. The van der Waals surface area contributed by atoms with Gasteiger partial charge in [0.05, 0.1) is 0 Å². The molecule has 1 saturated heterocycles. The molecule has 2 aromatic heterocycles. The van der Waals surface area contributed by atoms with E-state index in [1.807, 2.05) is 14.0 Å². The number of aliphatic hydroxyl groups is 2. The summed E-state index contributed by atoms with van der Waals surface area (Å²) in [6, 6.07) is 7.50. The van der Waals surface area contributed by atoms with Crippen LogP contribution in [-0.2, 0) is 17.1 Å². The van der Waals surface area contributed by atoms with Gasteiger partial charge >= 0.3 is 0 Å². The molecule has 1 fully saturated rings.